The number of ether oxygens (including phenoxy) is 1. The third-order valence-corrected chi connectivity index (χ3v) is 14.4. The Kier molecular flexibility index (Phi) is 48.9. The third kappa shape index (κ3) is 51.2. The van der Waals surface area contributed by atoms with Crippen LogP contribution in [-0.2, 0) is 27.9 Å². The van der Waals surface area contributed by atoms with Crippen LogP contribution in [0, 0.1) is 0 Å². The maximum absolute atomic E-state index is 13.4. The summed E-state index contributed by atoms with van der Waals surface area (Å²) in [7, 11) is 1.50. The van der Waals surface area contributed by atoms with Gasteiger partial charge in [0.25, 0.3) is 0 Å². The molecule has 69 heavy (non-hydrogen) atoms. The number of unbranched alkanes of at least 4 members (excludes halogenated alkanes) is 36. The number of hydrogen-bond donors (Lipinski definition) is 2. The summed E-state index contributed by atoms with van der Waals surface area (Å²) in [5.41, 5.74) is 0. The molecule has 3 unspecified atom stereocenters. The van der Waals surface area contributed by atoms with E-state index in [0.29, 0.717) is 23.9 Å². The monoisotopic (exact) mass is 996 g/mol. The minimum Gasteiger partial charge on any atom is -0.456 e. The highest BCUT2D eigenvalue weighted by Gasteiger charge is 2.30. The molecule has 0 aliphatic heterocycles. The number of rotatable bonds is 54. The first-order chi connectivity index (χ1) is 33.4. The Morgan fingerprint density at radius 3 is 1.28 bits per heavy atom. The van der Waals surface area contributed by atoms with Crippen LogP contribution in [0.2, 0.25) is 0 Å². The average molecular weight is 997 g/mol. The van der Waals surface area contributed by atoms with Crippen molar-refractivity contribution < 1.29 is 37.3 Å². The molecule has 0 saturated carbocycles. The van der Waals surface area contributed by atoms with Crippen molar-refractivity contribution in [2.24, 2.45) is 0 Å². The molecular weight excluding hydrogens is 880 g/mol. The van der Waals surface area contributed by atoms with E-state index in [4.69, 9.17) is 13.8 Å². The summed E-state index contributed by atoms with van der Waals surface area (Å²) in [6.07, 6.45) is 57.5. The van der Waals surface area contributed by atoms with E-state index in [1.807, 2.05) is 33.3 Å². The van der Waals surface area contributed by atoms with Gasteiger partial charge in [-0.1, -0.05) is 251 Å². The summed E-state index contributed by atoms with van der Waals surface area (Å²) in [4.78, 5) is 37.5. The lowest BCUT2D eigenvalue weighted by Gasteiger charge is -2.27. The number of amides is 1. The van der Waals surface area contributed by atoms with Gasteiger partial charge in [-0.25, -0.2) is 4.57 Å². The van der Waals surface area contributed by atoms with Crippen molar-refractivity contribution in [1.82, 2.24) is 5.32 Å². The lowest BCUT2D eigenvalue weighted by atomic mass is 10.0. The van der Waals surface area contributed by atoms with E-state index in [0.717, 1.165) is 83.5 Å². The highest BCUT2D eigenvalue weighted by Crippen LogP contribution is 2.43. The minimum absolute atomic E-state index is 0.0417. The molecular formula is C59H116N2O7P+. The van der Waals surface area contributed by atoms with Crippen LogP contribution < -0.4 is 5.32 Å². The van der Waals surface area contributed by atoms with Crippen molar-refractivity contribution in [3.63, 3.8) is 0 Å². The number of hydrogen-bond acceptors (Lipinski definition) is 6. The quantitative estimate of drug-likeness (QED) is 0.0205. The molecule has 1 amide bonds. The van der Waals surface area contributed by atoms with Crippen LogP contribution in [0.25, 0.3) is 0 Å². The smallest absolute Gasteiger partial charge is 0.456 e. The summed E-state index contributed by atoms with van der Waals surface area (Å²) in [5.74, 6) is -0.504. The number of allylic oxidation sites excluding steroid dienone is 3. The topological polar surface area (TPSA) is 111 Å². The number of likely N-dealkylation sites (N-methyl/N-ethyl adjacent to an activating group) is 1. The Morgan fingerprint density at radius 1 is 0.493 bits per heavy atom. The molecule has 0 bridgehead atoms. The first-order valence-electron chi connectivity index (χ1n) is 29.7. The van der Waals surface area contributed by atoms with Crippen molar-refractivity contribution >= 4 is 19.7 Å². The van der Waals surface area contributed by atoms with E-state index in [1.165, 1.54) is 173 Å². The van der Waals surface area contributed by atoms with Crippen molar-refractivity contribution in [3.05, 3.63) is 24.3 Å². The minimum atomic E-state index is -4.44. The maximum atomic E-state index is 13.4. The summed E-state index contributed by atoms with van der Waals surface area (Å²) < 4.78 is 30.6. The molecule has 0 fully saturated rings. The van der Waals surface area contributed by atoms with Crippen LogP contribution in [0.15, 0.2) is 24.3 Å². The molecule has 3 atom stereocenters. The Labute approximate surface area is 428 Å². The molecule has 0 aromatic rings. The zero-order valence-electron chi connectivity index (χ0n) is 46.6. The molecule has 0 aromatic heterocycles. The van der Waals surface area contributed by atoms with Crippen LogP contribution in [0.3, 0.4) is 0 Å². The lowest BCUT2D eigenvalue weighted by Crippen LogP contribution is -2.47. The van der Waals surface area contributed by atoms with E-state index in [1.54, 1.807) is 0 Å². The van der Waals surface area contributed by atoms with E-state index in [-0.39, 0.29) is 25.1 Å². The second-order valence-corrected chi connectivity index (χ2v) is 23.0. The SMILES string of the molecule is CCCC/C=C\CCCCCCCC(=O)NC(COP(=O)(O)OCC[N+](C)(C)C)C(/C=C\CCCCCCCCCCC)OC(=O)CCCCCCCCCCCCCCCCCCCCCCC. The Bertz CT molecular complexity index is 1240. The zero-order valence-corrected chi connectivity index (χ0v) is 47.5. The summed E-state index contributed by atoms with van der Waals surface area (Å²) >= 11 is 0. The van der Waals surface area contributed by atoms with Crippen LogP contribution in [0.4, 0.5) is 0 Å². The molecule has 0 rings (SSSR count). The average Bonchev–Trinajstić information content (AvgIpc) is 3.31. The van der Waals surface area contributed by atoms with Gasteiger partial charge in [-0.3, -0.25) is 18.6 Å². The summed E-state index contributed by atoms with van der Waals surface area (Å²) in [6, 6.07) is -0.845. The number of phosphoric acid groups is 1. The van der Waals surface area contributed by atoms with Gasteiger partial charge in [0.1, 0.15) is 19.3 Å². The first-order valence-corrected chi connectivity index (χ1v) is 31.2. The number of quaternary nitrogens is 1. The van der Waals surface area contributed by atoms with Crippen LogP contribution in [0.1, 0.15) is 290 Å². The fourth-order valence-corrected chi connectivity index (χ4v) is 9.48. The van der Waals surface area contributed by atoms with Crippen molar-refractivity contribution in [1.29, 1.82) is 0 Å². The van der Waals surface area contributed by atoms with Gasteiger partial charge in [0, 0.05) is 12.8 Å². The van der Waals surface area contributed by atoms with Gasteiger partial charge in [0.05, 0.1) is 33.8 Å². The van der Waals surface area contributed by atoms with Gasteiger partial charge >= 0.3 is 13.8 Å². The molecule has 408 valence electrons. The molecule has 0 aliphatic carbocycles. The predicted octanol–water partition coefficient (Wildman–Crippen LogP) is 17.8. The highest BCUT2D eigenvalue weighted by molar-refractivity contribution is 7.47. The number of nitrogens with one attached hydrogen (secondary N) is 1. The second kappa shape index (κ2) is 50.0. The number of phosphoric ester groups is 1. The number of carbonyl (C=O) groups excluding carboxylic acids is 2. The Hall–Kier alpha value is -1.51. The standard InChI is InChI=1S/C59H115N2O7P/c1-7-10-13-16-19-22-25-26-27-28-29-30-31-32-33-34-37-40-43-46-49-52-59(63)68-57(50-47-44-41-38-35-23-20-17-14-11-8-2)56(55-67-69(64,65)66-54-53-61(4,5)6)60-58(62)51-48-45-42-39-36-24-21-18-15-12-9-3/h18,21,47,50,56-57H,7-17,19-20,22-46,48-49,51-55H2,1-6H3,(H-,60,62,64,65)/p+1/b21-18-,50-47-. The number of carbonyl (C=O) groups is 2. The van der Waals surface area contributed by atoms with E-state index in [9.17, 15) is 19.0 Å². The molecule has 10 heteroatoms. The molecule has 0 spiro atoms. The van der Waals surface area contributed by atoms with Crippen LogP contribution in [-0.4, -0.2) is 74.3 Å². The van der Waals surface area contributed by atoms with Crippen LogP contribution in [0.5, 0.6) is 0 Å². The zero-order chi connectivity index (χ0) is 50.8. The van der Waals surface area contributed by atoms with Gasteiger partial charge in [0.15, 0.2) is 0 Å². The van der Waals surface area contributed by atoms with Gasteiger partial charge in [-0.2, -0.15) is 0 Å². The van der Waals surface area contributed by atoms with Gasteiger partial charge in [-0.15, -0.1) is 0 Å². The molecule has 0 saturated heterocycles. The fourth-order valence-electron chi connectivity index (χ4n) is 8.75. The number of nitrogens with zero attached hydrogens (tertiary/aromatic N) is 1. The Morgan fingerprint density at radius 2 is 0.855 bits per heavy atom. The molecule has 0 aliphatic rings. The van der Waals surface area contributed by atoms with E-state index >= 15 is 0 Å². The lowest BCUT2D eigenvalue weighted by molar-refractivity contribution is -0.870. The van der Waals surface area contributed by atoms with Crippen LogP contribution >= 0.6 is 7.82 Å². The van der Waals surface area contributed by atoms with Crippen molar-refractivity contribution in [2.45, 2.75) is 303 Å². The largest absolute Gasteiger partial charge is 0.472 e. The molecule has 2 N–H and O–H groups in total. The number of esters is 1. The Balaban J connectivity index is 5.13. The highest BCUT2D eigenvalue weighted by atomic mass is 31.2. The van der Waals surface area contributed by atoms with Gasteiger partial charge < -0.3 is 19.4 Å². The van der Waals surface area contributed by atoms with Gasteiger partial charge in [-0.05, 0) is 51.0 Å². The predicted molar refractivity (Wildman–Crippen MR) is 296 cm³/mol. The fraction of sp³-hybridized carbons (Fsp3) is 0.898. The molecule has 9 nitrogen and oxygen atoms in total. The summed E-state index contributed by atoms with van der Waals surface area (Å²) in [6.45, 7) is 6.99. The molecule has 0 aromatic carbocycles. The van der Waals surface area contributed by atoms with Gasteiger partial charge in [0.2, 0.25) is 5.91 Å². The van der Waals surface area contributed by atoms with E-state index in [2.05, 4.69) is 38.2 Å². The maximum Gasteiger partial charge on any atom is 0.472 e. The summed E-state index contributed by atoms with van der Waals surface area (Å²) in [5, 5.41) is 3.04. The normalized spacial score (nSPS) is 13.9. The third-order valence-electron chi connectivity index (χ3n) is 13.4. The van der Waals surface area contributed by atoms with E-state index < -0.39 is 20.0 Å². The second-order valence-electron chi connectivity index (χ2n) is 21.5. The molecule has 0 heterocycles. The first kappa shape index (κ1) is 67.5. The van der Waals surface area contributed by atoms with Crippen molar-refractivity contribution in [3.8, 4) is 0 Å². The van der Waals surface area contributed by atoms with Crippen molar-refractivity contribution in [2.75, 3.05) is 40.9 Å². The molecule has 0 radical (unpaired) electrons.